The Morgan fingerprint density at radius 1 is 0.909 bits per heavy atom. The van der Waals surface area contributed by atoms with E-state index in [1.807, 2.05) is 13.0 Å². The molecule has 0 atom stereocenters. The first kappa shape index (κ1) is 23.1. The van der Waals surface area contributed by atoms with Gasteiger partial charge in [-0.1, -0.05) is 60.7 Å². The monoisotopic (exact) mass is 459 g/mol. The van der Waals surface area contributed by atoms with Gasteiger partial charge in [0.2, 0.25) is 5.76 Å². The fraction of sp³-hybridized carbons (Fsp3) is 0.250. The molecule has 0 radical (unpaired) electrons. The highest BCUT2D eigenvalue weighted by molar-refractivity contribution is 7.97. The summed E-state index contributed by atoms with van der Waals surface area (Å²) in [5, 5.41) is 0.953. The van der Waals surface area contributed by atoms with Gasteiger partial charge in [0.05, 0.1) is 6.61 Å². The summed E-state index contributed by atoms with van der Waals surface area (Å²) in [4.78, 5) is 13.3. The van der Waals surface area contributed by atoms with Crippen LogP contribution in [0.3, 0.4) is 0 Å². The minimum atomic E-state index is -0.409. The van der Waals surface area contributed by atoms with Crippen molar-refractivity contribution in [3.05, 3.63) is 101 Å². The number of hydrogen-bond acceptors (Lipinski definition) is 5. The lowest BCUT2D eigenvalue weighted by Crippen LogP contribution is -2.21. The van der Waals surface area contributed by atoms with E-state index < -0.39 is 5.97 Å². The molecule has 0 fully saturated rings. The molecule has 5 heteroatoms. The molecule has 0 unspecified atom stereocenters. The molecule has 0 N–H and O–H groups in total. The van der Waals surface area contributed by atoms with Gasteiger partial charge in [0, 0.05) is 28.9 Å². The predicted octanol–water partition coefficient (Wildman–Crippen LogP) is 6.71. The molecule has 1 aromatic heterocycles. The second-order valence-corrected chi connectivity index (χ2v) is 9.10. The minimum absolute atomic E-state index is 0.291. The maximum Gasteiger partial charge on any atom is 0.374 e. The Bertz CT molecular complexity index is 1140. The molecular formula is C28H29NO3S. The van der Waals surface area contributed by atoms with Crippen LogP contribution in [0, 0.1) is 6.92 Å². The van der Waals surface area contributed by atoms with E-state index in [4.69, 9.17) is 9.15 Å². The highest BCUT2D eigenvalue weighted by atomic mass is 32.2. The van der Waals surface area contributed by atoms with Gasteiger partial charge in [-0.2, -0.15) is 0 Å². The number of carbonyl (C=O) groups excluding carboxylic acids is 1. The van der Waals surface area contributed by atoms with Gasteiger partial charge < -0.3 is 9.15 Å². The lowest BCUT2D eigenvalue weighted by atomic mass is 10.1. The van der Waals surface area contributed by atoms with Crippen molar-refractivity contribution in [2.45, 2.75) is 31.6 Å². The maximum absolute atomic E-state index is 12.2. The Labute approximate surface area is 199 Å². The third-order valence-corrected chi connectivity index (χ3v) is 6.68. The van der Waals surface area contributed by atoms with Gasteiger partial charge in [-0.05, 0) is 68.0 Å². The molecule has 4 nitrogen and oxygen atoms in total. The van der Waals surface area contributed by atoms with Crippen molar-refractivity contribution in [2.75, 3.05) is 19.7 Å². The van der Waals surface area contributed by atoms with E-state index >= 15 is 0 Å². The summed E-state index contributed by atoms with van der Waals surface area (Å²) >= 11 is 1.75. The van der Waals surface area contributed by atoms with Crippen molar-refractivity contribution in [3.8, 4) is 0 Å². The van der Waals surface area contributed by atoms with Crippen LogP contribution >= 0.6 is 11.9 Å². The summed E-state index contributed by atoms with van der Waals surface area (Å²) in [6, 6.07) is 27.3. The molecule has 0 saturated heterocycles. The van der Waals surface area contributed by atoms with Gasteiger partial charge in [-0.3, -0.25) is 0 Å². The largest absolute Gasteiger partial charge is 0.460 e. The zero-order valence-corrected chi connectivity index (χ0v) is 19.9. The lowest BCUT2D eigenvalue weighted by Gasteiger charge is -2.21. The van der Waals surface area contributed by atoms with Crippen molar-refractivity contribution in [3.63, 3.8) is 0 Å². The molecule has 0 bridgehead atoms. The highest BCUT2D eigenvalue weighted by Gasteiger charge is 2.19. The number of hydrogen-bond donors (Lipinski definition) is 0. The number of nitrogens with zero attached hydrogens (tertiary/aromatic N) is 1. The van der Waals surface area contributed by atoms with Gasteiger partial charge in [0.25, 0.3) is 0 Å². The molecule has 33 heavy (non-hydrogen) atoms. The van der Waals surface area contributed by atoms with Crippen LogP contribution in [0.25, 0.3) is 11.0 Å². The number of ether oxygens (including phenoxy) is 1. The molecule has 0 spiro atoms. The number of fused-ring (bicyclic) bond motifs is 1. The van der Waals surface area contributed by atoms with Crippen molar-refractivity contribution in [1.82, 2.24) is 4.31 Å². The average Bonchev–Trinajstić information content (AvgIpc) is 3.18. The van der Waals surface area contributed by atoms with Crippen LogP contribution < -0.4 is 0 Å². The maximum atomic E-state index is 12.2. The van der Waals surface area contributed by atoms with Crippen molar-refractivity contribution < 1.29 is 13.9 Å². The normalized spacial score (nSPS) is 11.2. The number of carbonyl (C=O) groups is 1. The summed E-state index contributed by atoms with van der Waals surface area (Å²) < 4.78 is 13.3. The van der Waals surface area contributed by atoms with E-state index in [1.54, 1.807) is 18.9 Å². The minimum Gasteiger partial charge on any atom is -0.460 e. The Morgan fingerprint density at radius 2 is 1.52 bits per heavy atom. The van der Waals surface area contributed by atoms with E-state index in [1.165, 1.54) is 11.1 Å². The molecule has 170 valence electrons. The van der Waals surface area contributed by atoms with E-state index in [2.05, 4.69) is 77.1 Å². The summed E-state index contributed by atoms with van der Waals surface area (Å²) in [7, 11) is 0. The first-order chi connectivity index (χ1) is 16.1. The Morgan fingerprint density at radius 3 is 2.09 bits per heavy atom. The zero-order chi connectivity index (χ0) is 23.0. The van der Waals surface area contributed by atoms with E-state index in [0.717, 1.165) is 41.8 Å². The second kappa shape index (κ2) is 11.2. The molecule has 4 rings (SSSR count). The molecule has 4 aromatic rings. The van der Waals surface area contributed by atoms with Crippen LogP contribution in [0.15, 0.2) is 88.2 Å². The van der Waals surface area contributed by atoms with Crippen LogP contribution in [0.2, 0.25) is 0 Å². The number of aryl methyl sites for hydroxylation is 1. The fourth-order valence-electron chi connectivity index (χ4n) is 3.80. The van der Waals surface area contributed by atoms with Gasteiger partial charge in [0.15, 0.2) is 0 Å². The third kappa shape index (κ3) is 6.06. The average molecular weight is 460 g/mol. The van der Waals surface area contributed by atoms with Crippen LogP contribution in [0.5, 0.6) is 0 Å². The Balaban J connectivity index is 1.52. The van der Waals surface area contributed by atoms with Crippen LogP contribution in [-0.2, 0) is 17.6 Å². The predicted molar refractivity (Wildman–Crippen MR) is 135 cm³/mol. The molecule has 0 aliphatic rings. The molecule has 0 aliphatic carbocycles. The second-order valence-electron chi connectivity index (χ2n) is 7.93. The van der Waals surface area contributed by atoms with E-state index in [-0.39, 0.29) is 0 Å². The summed E-state index contributed by atoms with van der Waals surface area (Å²) in [5.41, 5.74) is 4.21. The summed E-state index contributed by atoms with van der Waals surface area (Å²) in [6.45, 7) is 5.92. The highest BCUT2D eigenvalue weighted by Crippen LogP contribution is 2.32. The molecular weight excluding hydrogens is 430 g/mol. The van der Waals surface area contributed by atoms with E-state index in [9.17, 15) is 4.79 Å². The summed E-state index contributed by atoms with van der Waals surface area (Å²) in [5.74, 6) is -0.119. The molecule has 1 heterocycles. The molecule has 0 aliphatic heterocycles. The number of benzene rings is 3. The molecule has 0 amide bonds. The van der Waals surface area contributed by atoms with Crippen molar-refractivity contribution >= 4 is 28.9 Å². The third-order valence-electron chi connectivity index (χ3n) is 5.59. The number of esters is 1. The SMILES string of the molecule is CCOC(=O)c1oc2ccc(SN(CCc3ccccc3)CCc3ccccc3)cc2c1C. The first-order valence-corrected chi connectivity index (χ1v) is 12.1. The van der Waals surface area contributed by atoms with Gasteiger partial charge in [-0.25, -0.2) is 9.10 Å². The smallest absolute Gasteiger partial charge is 0.374 e. The Hall–Kier alpha value is -3.02. The fourth-order valence-corrected chi connectivity index (χ4v) is 4.76. The number of furan rings is 1. The van der Waals surface area contributed by atoms with Gasteiger partial charge in [-0.15, -0.1) is 0 Å². The first-order valence-electron chi connectivity index (χ1n) is 11.3. The number of rotatable bonds is 10. The molecule has 3 aromatic carbocycles. The zero-order valence-electron chi connectivity index (χ0n) is 19.1. The van der Waals surface area contributed by atoms with E-state index in [0.29, 0.717) is 18.0 Å². The topological polar surface area (TPSA) is 42.7 Å². The quantitative estimate of drug-likeness (QED) is 0.195. The van der Waals surface area contributed by atoms with Crippen LogP contribution in [0.4, 0.5) is 0 Å². The standard InChI is InChI=1S/C28H29NO3S/c1-3-31-28(30)27-21(2)25-20-24(14-15-26(25)32-27)33-29(18-16-22-10-6-4-7-11-22)19-17-23-12-8-5-9-13-23/h4-15,20H,3,16-19H2,1-2H3. The van der Waals surface area contributed by atoms with Crippen molar-refractivity contribution in [2.24, 2.45) is 0 Å². The molecule has 0 saturated carbocycles. The lowest BCUT2D eigenvalue weighted by molar-refractivity contribution is 0.0491. The Kier molecular flexibility index (Phi) is 7.87. The van der Waals surface area contributed by atoms with Crippen molar-refractivity contribution in [1.29, 1.82) is 0 Å². The van der Waals surface area contributed by atoms with Gasteiger partial charge >= 0.3 is 5.97 Å². The summed E-state index contributed by atoms with van der Waals surface area (Å²) in [6.07, 6.45) is 1.98. The van der Waals surface area contributed by atoms with Crippen LogP contribution in [0.1, 0.15) is 34.2 Å². The van der Waals surface area contributed by atoms with Crippen LogP contribution in [-0.4, -0.2) is 30.0 Å². The van der Waals surface area contributed by atoms with Gasteiger partial charge in [0.1, 0.15) is 5.58 Å².